The van der Waals surface area contributed by atoms with Crippen LogP contribution in [0.3, 0.4) is 0 Å². The maximum atomic E-state index is 12.2. The first-order valence-corrected chi connectivity index (χ1v) is 10.7. The van der Waals surface area contributed by atoms with Gasteiger partial charge < -0.3 is 10.2 Å². The molecule has 0 unspecified atom stereocenters. The van der Waals surface area contributed by atoms with Gasteiger partial charge in [0.1, 0.15) is 6.54 Å². The first-order valence-electron chi connectivity index (χ1n) is 8.90. The maximum absolute atomic E-state index is 12.2. The Balaban J connectivity index is 1.82. The maximum Gasteiger partial charge on any atom is 0.240 e. The molecule has 140 valence electrons. The molecule has 1 aliphatic rings. The van der Waals surface area contributed by atoms with Crippen LogP contribution >= 0.6 is 0 Å². The van der Waals surface area contributed by atoms with Crippen molar-refractivity contribution < 1.29 is 13.2 Å². The lowest BCUT2D eigenvalue weighted by Gasteiger charge is -2.26. The van der Waals surface area contributed by atoms with Crippen LogP contribution in [-0.2, 0) is 14.8 Å². The van der Waals surface area contributed by atoms with Gasteiger partial charge in [-0.2, -0.15) is 0 Å². The van der Waals surface area contributed by atoms with E-state index in [0.29, 0.717) is 12.2 Å². The molecule has 1 aromatic rings. The van der Waals surface area contributed by atoms with Gasteiger partial charge in [0.15, 0.2) is 0 Å². The molecule has 0 atom stereocenters. The molecule has 25 heavy (non-hydrogen) atoms. The van der Waals surface area contributed by atoms with Crippen LogP contribution in [0.4, 0.5) is 5.69 Å². The fourth-order valence-electron chi connectivity index (χ4n) is 3.01. The number of carbonyl (C=O) groups excluding carboxylic acids is 1. The standard InChI is InChI=1S/C18H29N3O3S/c1-16-7-9-17(10-8-16)21(25(2,23)24)15-18(22)19-11-6-14-20-12-4-3-5-13-20/h7-10H,3-6,11-15H2,1-2H3,(H,19,22). The van der Waals surface area contributed by atoms with E-state index in [2.05, 4.69) is 10.2 Å². The average Bonchev–Trinajstić information content (AvgIpc) is 2.57. The quantitative estimate of drug-likeness (QED) is 0.711. The molecule has 0 spiro atoms. The Morgan fingerprint density at radius 1 is 1.16 bits per heavy atom. The van der Waals surface area contributed by atoms with E-state index in [1.165, 1.54) is 19.3 Å². The minimum absolute atomic E-state index is 0.189. The number of rotatable bonds is 8. The lowest BCUT2D eigenvalue weighted by atomic mass is 10.1. The summed E-state index contributed by atoms with van der Waals surface area (Å²) in [6.07, 6.45) is 5.83. The second kappa shape index (κ2) is 9.20. The zero-order chi connectivity index (χ0) is 18.3. The normalized spacial score (nSPS) is 15.8. The van der Waals surface area contributed by atoms with Crippen molar-refractivity contribution in [3.8, 4) is 0 Å². The fraction of sp³-hybridized carbons (Fsp3) is 0.611. The van der Waals surface area contributed by atoms with Crippen LogP contribution < -0.4 is 9.62 Å². The van der Waals surface area contributed by atoms with Gasteiger partial charge in [-0.3, -0.25) is 9.10 Å². The van der Waals surface area contributed by atoms with Crippen LogP contribution in [0.25, 0.3) is 0 Å². The topological polar surface area (TPSA) is 69.7 Å². The fourth-order valence-corrected chi connectivity index (χ4v) is 3.87. The predicted octanol–water partition coefficient (Wildman–Crippen LogP) is 1.75. The van der Waals surface area contributed by atoms with Gasteiger partial charge in [0.05, 0.1) is 11.9 Å². The van der Waals surface area contributed by atoms with Crippen molar-refractivity contribution in [3.63, 3.8) is 0 Å². The summed E-state index contributed by atoms with van der Waals surface area (Å²) in [4.78, 5) is 14.6. The molecule has 1 amide bonds. The summed E-state index contributed by atoms with van der Waals surface area (Å²) >= 11 is 0. The van der Waals surface area contributed by atoms with E-state index in [1.54, 1.807) is 12.1 Å². The Hall–Kier alpha value is -1.60. The van der Waals surface area contributed by atoms with E-state index in [1.807, 2.05) is 19.1 Å². The molecule has 1 fully saturated rings. The summed E-state index contributed by atoms with van der Waals surface area (Å²) < 4.78 is 25.2. The number of sulfonamides is 1. The molecule has 0 radical (unpaired) electrons. The summed E-state index contributed by atoms with van der Waals surface area (Å²) in [5, 5.41) is 2.83. The van der Waals surface area contributed by atoms with Gasteiger partial charge in [0.25, 0.3) is 0 Å². The largest absolute Gasteiger partial charge is 0.354 e. The number of likely N-dealkylation sites (tertiary alicyclic amines) is 1. The van der Waals surface area contributed by atoms with Crippen LogP contribution in [0.5, 0.6) is 0 Å². The van der Waals surface area contributed by atoms with Crippen LogP contribution in [-0.4, -0.2) is 58.2 Å². The number of nitrogens with zero attached hydrogens (tertiary/aromatic N) is 2. The van der Waals surface area contributed by atoms with Gasteiger partial charge >= 0.3 is 0 Å². The van der Waals surface area contributed by atoms with E-state index >= 15 is 0 Å². The van der Waals surface area contributed by atoms with Gasteiger partial charge in [0, 0.05) is 6.54 Å². The SMILES string of the molecule is Cc1ccc(N(CC(=O)NCCCN2CCCCC2)S(C)(=O)=O)cc1. The van der Waals surface area contributed by atoms with Gasteiger partial charge in [0.2, 0.25) is 15.9 Å². The number of hydrogen-bond acceptors (Lipinski definition) is 4. The molecule has 0 aliphatic carbocycles. The zero-order valence-electron chi connectivity index (χ0n) is 15.2. The molecule has 1 heterocycles. The Morgan fingerprint density at radius 3 is 2.40 bits per heavy atom. The number of anilines is 1. The second-order valence-corrected chi connectivity index (χ2v) is 8.62. The number of nitrogens with one attached hydrogen (secondary N) is 1. The third-order valence-electron chi connectivity index (χ3n) is 4.43. The highest BCUT2D eigenvalue weighted by Crippen LogP contribution is 2.17. The lowest BCUT2D eigenvalue weighted by molar-refractivity contribution is -0.119. The highest BCUT2D eigenvalue weighted by atomic mass is 32.2. The minimum Gasteiger partial charge on any atom is -0.354 e. The van der Waals surface area contributed by atoms with Crippen LogP contribution in [0.15, 0.2) is 24.3 Å². The molecule has 1 saturated heterocycles. The van der Waals surface area contributed by atoms with Crippen LogP contribution in [0.2, 0.25) is 0 Å². The van der Waals surface area contributed by atoms with E-state index in [4.69, 9.17) is 0 Å². The van der Waals surface area contributed by atoms with Gasteiger partial charge in [-0.25, -0.2) is 8.42 Å². The first kappa shape index (κ1) is 19.7. The minimum atomic E-state index is -3.51. The molecule has 1 aliphatic heterocycles. The molecule has 0 aromatic heterocycles. The van der Waals surface area contributed by atoms with Crippen molar-refractivity contribution in [1.29, 1.82) is 0 Å². The number of amides is 1. The van der Waals surface area contributed by atoms with Crippen molar-refractivity contribution >= 4 is 21.6 Å². The predicted molar refractivity (Wildman–Crippen MR) is 101 cm³/mol. The second-order valence-electron chi connectivity index (χ2n) is 6.71. The van der Waals surface area contributed by atoms with Gasteiger partial charge in [-0.1, -0.05) is 24.1 Å². The third-order valence-corrected chi connectivity index (χ3v) is 5.57. The molecular formula is C18H29N3O3S. The average molecular weight is 368 g/mol. The number of piperidine rings is 1. The summed E-state index contributed by atoms with van der Waals surface area (Å²) in [6.45, 7) is 5.58. The molecule has 0 saturated carbocycles. The molecule has 1 aromatic carbocycles. The van der Waals surface area contributed by atoms with Crippen LogP contribution in [0.1, 0.15) is 31.2 Å². The van der Waals surface area contributed by atoms with Crippen molar-refractivity contribution in [2.24, 2.45) is 0 Å². The Morgan fingerprint density at radius 2 is 1.80 bits per heavy atom. The van der Waals surface area contributed by atoms with Crippen molar-refractivity contribution in [1.82, 2.24) is 10.2 Å². The van der Waals surface area contributed by atoms with E-state index in [9.17, 15) is 13.2 Å². The molecule has 1 N–H and O–H groups in total. The van der Waals surface area contributed by atoms with Gasteiger partial charge in [-0.05, 0) is 58.0 Å². The molecule has 7 heteroatoms. The Kier molecular flexibility index (Phi) is 7.25. The van der Waals surface area contributed by atoms with Crippen LogP contribution in [0, 0.1) is 6.92 Å². The smallest absolute Gasteiger partial charge is 0.240 e. The molecule has 0 bridgehead atoms. The first-order chi connectivity index (χ1) is 11.9. The highest BCUT2D eigenvalue weighted by Gasteiger charge is 2.20. The zero-order valence-corrected chi connectivity index (χ0v) is 16.0. The third kappa shape index (κ3) is 6.66. The molecule has 2 rings (SSSR count). The summed E-state index contributed by atoms with van der Waals surface area (Å²) in [6, 6.07) is 7.12. The van der Waals surface area contributed by atoms with E-state index < -0.39 is 10.0 Å². The Labute approximate surface area is 151 Å². The van der Waals surface area contributed by atoms with Crippen molar-refractivity contribution in [2.45, 2.75) is 32.6 Å². The van der Waals surface area contributed by atoms with E-state index in [-0.39, 0.29) is 12.5 Å². The van der Waals surface area contributed by atoms with E-state index in [0.717, 1.165) is 42.2 Å². The molecular weight excluding hydrogens is 338 g/mol. The summed E-state index contributed by atoms with van der Waals surface area (Å²) in [5.41, 5.74) is 1.55. The number of hydrogen-bond donors (Lipinski definition) is 1. The number of aryl methyl sites for hydroxylation is 1. The highest BCUT2D eigenvalue weighted by molar-refractivity contribution is 7.92. The molecule has 6 nitrogen and oxygen atoms in total. The monoisotopic (exact) mass is 367 g/mol. The number of benzene rings is 1. The number of carbonyl (C=O) groups is 1. The summed E-state index contributed by atoms with van der Waals surface area (Å²) in [7, 11) is -3.51. The Bertz CT molecular complexity index is 653. The van der Waals surface area contributed by atoms with Crippen molar-refractivity contribution in [3.05, 3.63) is 29.8 Å². The van der Waals surface area contributed by atoms with Crippen molar-refractivity contribution in [2.75, 3.05) is 43.3 Å². The summed E-state index contributed by atoms with van der Waals surface area (Å²) in [5.74, 6) is -0.273. The van der Waals surface area contributed by atoms with Gasteiger partial charge in [-0.15, -0.1) is 0 Å². The lowest BCUT2D eigenvalue weighted by Crippen LogP contribution is -2.41.